The van der Waals surface area contributed by atoms with E-state index in [0.717, 1.165) is 5.96 Å². The minimum absolute atomic E-state index is 0.0270. The molecule has 0 aromatic heterocycles. The van der Waals surface area contributed by atoms with E-state index in [9.17, 15) is 4.79 Å². The predicted octanol–water partition coefficient (Wildman–Crippen LogP) is -0.0523. The number of nitrogens with zero attached hydrogens (tertiary/aromatic N) is 3. The van der Waals surface area contributed by atoms with Crippen LogP contribution in [0.3, 0.4) is 0 Å². The minimum atomic E-state index is -0.0615. The molecule has 5 heteroatoms. The zero-order valence-corrected chi connectivity index (χ0v) is 9.83. The van der Waals surface area contributed by atoms with Crippen LogP contribution >= 0.6 is 0 Å². The molecule has 0 fully saturated rings. The van der Waals surface area contributed by atoms with Gasteiger partial charge in [0.25, 0.3) is 0 Å². The van der Waals surface area contributed by atoms with Crippen LogP contribution < -0.4 is 5.32 Å². The lowest BCUT2D eigenvalue weighted by atomic mass is 10.4. The normalized spacial score (nSPS) is 13.4. The standard InChI is InChI=1S/C9H20N4O/c1-7(13(6)8(2)14)11-9(10-3)12(4)5/h7H,1-6H3,(H,10,11). The molecular formula is C9H20N4O. The van der Waals surface area contributed by atoms with Gasteiger partial charge in [-0.15, -0.1) is 0 Å². The van der Waals surface area contributed by atoms with Crippen LogP contribution in [0.2, 0.25) is 0 Å². The van der Waals surface area contributed by atoms with Crippen molar-refractivity contribution in [2.24, 2.45) is 4.99 Å². The van der Waals surface area contributed by atoms with Gasteiger partial charge in [-0.3, -0.25) is 9.79 Å². The van der Waals surface area contributed by atoms with Crippen LogP contribution in [-0.4, -0.2) is 56.0 Å². The molecule has 5 nitrogen and oxygen atoms in total. The Morgan fingerprint density at radius 3 is 2.14 bits per heavy atom. The smallest absolute Gasteiger partial charge is 0.220 e. The fourth-order valence-corrected chi connectivity index (χ4v) is 0.950. The average Bonchev–Trinajstić information content (AvgIpc) is 2.11. The maximum Gasteiger partial charge on any atom is 0.220 e. The number of carbonyl (C=O) groups is 1. The molecule has 0 aliphatic heterocycles. The van der Waals surface area contributed by atoms with E-state index in [1.807, 2.05) is 25.9 Å². The number of amides is 1. The highest BCUT2D eigenvalue weighted by atomic mass is 16.2. The van der Waals surface area contributed by atoms with Gasteiger partial charge >= 0.3 is 0 Å². The molecule has 14 heavy (non-hydrogen) atoms. The van der Waals surface area contributed by atoms with E-state index in [1.54, 1.807) is 19.0 Å². The summed E-state index contributed by atoms with van der Waals surface area (Å²) >= 11 is 0. The summed E-state index contributed by atoms with van der Waals surface area (Å²) in [7, 11) is 7.26. The van der Waals surface area contributed by atoms with Crippen molar-refractivity contribution < 1.29 is 4.79 Å². The predicted molar refractivity (Wildman–Crippen MR) is 58.1 cm³/mol. The molecule has 0 saturated carbocycles. The number of rotatable bonds is 2. The molecule has 0 saturated heterocycles. The van der Waals surface area contributed by atoms with E-state index in [2.05, 4.69) is 10.3 Å². The first-order chi connectivity index (χ1) is 6.40. The van der Waals surface area contributed by atoms with Crippen LogP contribution in [0.1, 0.15) is 13.8 Å². The fraction of sp³-hybridized carbons (Fsp3) is 0.778. The summed E-state index contributed by atoms with van der Waals surface area (Å²) in [5.41, 5.74) is 0. The van der Waals surface area contributed by atoms with Gasteiger partial charge in [0, 0.05) is 35.1 Å². The average molecular weight is 200 g/mol. The second kappa shape index (κ2) is 5.47. The molecule has 1 N–H and O–H groups in total. The van der Waals surface area contributed by atoms with Crippen molar-refractivity contribution in [3.8, 4) is 0 Å². The molecule has 0 aliphatic rings. The van der Waals surface area contributed by atoms with Crippen molar-refractivity contribution in [3.05, 3.63) is 0 Å². The summed E-state index contributed by atoms with van der Waals surface area (Å²) in [6.07, 6.45) is -0.0615. The summed E-state index contributed by atoms with van der Waals surface area (Å²) in [4.78, 5) is 18.6. The maximum absolute atomic E-state index is 11.1. The van der Waals surface area contributed by atoms with Crippen LogP contribution in [0.5, 0.6) is 0 Å². The topological polar surface area (TPSA) is 47.9 Å². The zero-order chi connectivity index (χ0) is 11.3. The Bertz CT molecular complexity index is 225. The fourth-order valence-electron chi connectivity index (χ4n) is 0.950. The molecule has 0 radical (unpaired) electrons. The van der Waals surface area contributed by atoms with Crippen LogP contribution in [0, 0.1) is 0 Å². The summed E-state index contributed by atoms with van der Waals surface area (Å²) in [6, 6.07) is 0. The van der Waals surface area contributed by atoms with Gasteiger partial charge in [-0.05, 0) is 6.92 Å². The number of hydrogen-bond acceptors (Lipinski definition) is 2. The largest absolute Gasteiger partial charge is 0.349 e. The van der Waals surface area contributed by atoms with E-state index >= 15 is 0 Å². The van der Waals surface area contributed by atoms with Crippen molar-refractivity contribution in [2.75, 3.05) is 28.2 Å². The third kappa shape index (κ3) is 3.64. The van der Waals surface area contributed by atoms with Crippen LogP contribution in [0.15, 0.2) is 4.99 Å². The highest BCUT2D eigenvalue weighted by molar-refractivity contribution is 5.80. The molecule has 0 rings (SSSR count). The van der Waals surface area contributed by atoms with E-state index in [1.165, 1.54) is 6.92 Å². The summed E-state index contributed by atoms with van der Waals surface area (Å²) < 4.78 is 0. The Hall–Kier alpha value is -1.26. The lowest BCUT2D eigenvalue weighted by Crippen LogP contribution is -2.50. The summed E-state index contributed by atoms with van der Waals surface area (Å²) in [5.74, 6) is 0.782. The minimum Gasteiger partial charge on any atom is -0.349 e. The SMILES string of the molecule is CN=C(NC(C)N(C)C(C)=O)N(C)C. The first kappa shape index (κ1) is 12.7. The summed E-state index contributed by atoms with van der Waals surface area (Å²) in [6.45, 7) is 3.45. The molecule has 1 unspecified atom stereocenters. The lowest BCUT2D eigenvalue weighted by molar-refractivity contribution is -0.129. The Morgan fingerprint density at radius 1 is 1.36 bits per heavy atom. The van der Waals surface area contributed by atoms with Crippen LogP contribution in [-0.2, 0) is 4.79 Å². The number of guanidine groups is 1. The molecule has 0 aromatic carbocycles. The number of aliphatic imine (C=N–C) groups is 1. The Morgan fingerprint density at radius 2 is 1.86 bits per heavy atom. The van der Waals surface area contributed by atoms with Gasteiger partial charge in [0.2, 0.25) is 5.91 Å². The molecule has 0 bridgehead atoms. The van der Waals surface area contributed by atoms with Crippen molar-refractivity contribution in [1.82, 2.24) is 15.1 Å². The van der Waals surface area contributed by atoms with Gasteiger partial charge < -0.3 is 15.1 Å². The molecule has 82 valence electrons. The third-order valence-corrected chi connectivity index (χ3v) is 2.05. The first-order valence-corrected chi connectivity index (χ1v) is 4.54. The second-order valence-electron chi connectivity index (χ2n) is 3.39. The van der Waals surface area contributed by atoms with Gasteiger partial charge in [-0.25, -0.2) is 0 Å². The summed E-state index contributed by atoms with van der Waals surface area (Å²) in [5, 5.41) is 3.13. The number of hydrogen-bond donors (Lipinski definition) is 1. The monoisotopic (exact) mass is 200 g/mol. The van der Waals surface area contributed by atoms with Crippen LogP contribution in [0.4, 0.5) is 0 Å². The molecule has 0 aliphatic carbocycles. The quantitative estimate of drug-likeness (QED) is 0.386. The van der Waals surface area contributed by atoms with E-state index in [0.29, 0.717) is 0 Å². The highest BCUT2D eigenvalue weighted by Gasteiger charge is 2.13. The Balaban J connectivity index is 4.30. The second-order valence-corrected chi connectivity index (χ2v) is 3.39. The third-order valence-electron chi connectivity index (χ3n) is 2.05. The van der Waals surface area contributed by atoms with E-state index < -0.39 is 0 Å². The lowest BCUT2D eigenvalue weighted by Gasteiger charge is -2.28. The molecular weight excluding hydrogens is 180 g/mol. The Labute approximate surface area is 85.8 Å². The van der Waals surface area contributed by atoms with Crippen LogP contribution in [0.25, 0.3) is 0 Å². The van der Waals surface area contributed by atoms with E-state index in [4.69, 9.17) is 0 Å². The molecule has 0 aromatic rings. The molecule has 1 atom stereocenters. The van der Waals surface area contributed by atoms with Crippen molar-refractivity contribution in [1.29, 1.82) is 0 Å². The molecule has 0 heterocycles. The number of carbonyl (C=O) groups excluding carboxylic acids is 1. The van der Waals surface area contributed by atoms with Gasteiger partial charge in [0.15, 0.2) is 5.96 Å². The molecule has 0 spiro atoms. The van der Waals surface area contributed by atoms with E-state index in [-0.39, 0.29) is 12.1 Å². The van der Waals surface area contributed by atoms with Gasteiger partial charge in [-0.2, -0.15) is 0 Å². The van der Waals surface area contributed by atoms with Crippen molar-refractivity contribution in [3.63, 3.8) is 0 Å². The maximum atomic E-state index is 11.1. The Kier molecular flexibility index (Phi) is 4.97. The van der Waals surface area contributed by atoms with Gasteiger partial charge in [-0.1, -0.05) is 0 Å². The number of nitrogens with one attached hydrogen (secondary N) is 1. The molecule has 1 amide bonds. The van der Waals surface area contributed by atoms with Crippen molar-refractivity contribution in [2.45, 2.75) is 20.0 Å². The van der Waals surface area contributed by atoms with Gasteiger partial charge in [0.1, 0.15) is 6.17 Å². The van der Waals surface area contributed by atoms with Gasteiger partial charge in [0.05, 0.1) is 0 Å². The highest BCUT2D eigenvalue weighted by Crippen LogP contribution is 1.93. The zero-order valence-electron chi connectivity index (χ0n) is 9.83. The van der Waals surface area contributed by atoms with Crippen molar-refractivity contribution >= 4 is 11.9 Å². The first-order valence-electron chi connectivity index (χ1n) is 4.54.